The van der Waals surface area contributed by atoms with Gasteiger partial charge in [-0.15, -0.1) is 0 Å². The fourth-order valence-corrected chi connectivity index (χ4v) is 1.93. The lowest BCUT2D eigenvalue weighted by molar-refractivity contribution is -0.125. The minimum atomic E-state index is -0.228. The quantitative estimate of drug-likeness (QED) is 0.722. The van der Waals surface area contributed by atoms with E-state index in [0.29, 0.717) is 18.9 Å². The van der Waals surface area contributed by atoms with Gasteiger partial charge in [-0.2, -0.15) is 0 Å². The van der Waals surface area contributed by atoms with E-state index in [1.807, 2.05) is 52.0 Å². The fraction of sp³-hybridized carbons (Fsp3) is 0.529. The Kier molecular flexibility index (Phi) is 7.05. The summed E-state index contributed by atoms with van der Waals surface area (Å²) in [6.45, 7) is 8.05. The number of nitrogens with one attached hydrogen (secondary N) is 2. The van der Waals surface area contributed by atoms with E-state index in [-0.39, 0.29) is 23.8 Å². The van der Waals surface area contributed by atoms with Crippen LogP contribution in [-0.4, -0.2) is 17.9 Å². The van der Waals surface area contributed by atoms with E-state index < -0.39 is 0 Å². The molecule has 0 saturated carbocycles. The SMILES string of the molecule is CC(C)CC(=O)Nc1cccc(CNC(=O)C(C)C(C)N)c1. The third kappa shape index (κ3) is 6.26. The van der Waals surface area contributed by atoms with E-state index in [1.54, 1.807) is 0 Å². The molecule has 0 radical (unpaired) electrons. The molecule has 0 bridgehead atoms. The molecule has 2 atom stereocenters. The van der Waals surface area contributed by atoms with Crippen molar-refractivity contribution in [2.45, 2.75) is 46.7 Å². The zero-order chi connectivity index (χ0) is 16.7. The highest BCUT2D eigenvalue weighted by molar-refractivity contribution is 5.90. The standard InChI is InChI=1S/C17H27N3O2/c1-11(2)8-16(21)20-15-7-5-6-14(9-15)10-19-17(22)12(3)13(4)18/h5-7,9,11-13H,8,10,18H2,1-4H3,(H,19,22)(H,20,21). The Labute approximate surface area is 132 Å². The average Bonchev–Trinajstić information content (AvgIpc) is 2.43. The lowest BCUT2D eigenvalue weighted by Gasteiger charge is -2.15. The van der Waals surface area contributed by atoms with Crippen molar-refractivity contribution in [1.82, 2.24) is 5.32 Å². The second-order valence-electron chi connectivity index (χ2n) is 6.21. The van der Waals surface area contributed by atoms with Gasteiger partial charge < -0.3 is 16.4 Å². The van der Waals surface area contributed by atoms with E-state index in [1.165, 1.54) is 0 Å². The Hall–Kier alpha value is -1.88. The van der Waals surface area contributed by atoms with Gasteiger partial charge in [-0.25, -0.2) is 0 Å². The first-order valence-corrected chi connectivity index (χ1v) is 7.71. The molecule has 0 aliphatic heterocycles. The smallest absolute Gasteiger partial charge is 0.224 e. The number of hydrogen-bond acceptors (Lipinski definition) is 3. The summed E-state index contributed by atoms with van der Waals surface area (Å²) >= 11 is 0. The van der Waals surface area contributed by atoms with E-state index in [4.69, 9.17) is 5.73 Å². The molecule has 0 heterocycles. The van der Waals surface area contributed by atoms with Gasteiger partial charge in [0.25, 0.3) is 0 Å². The molecule has 122 valence electrons. The number of nitrogens with two attached hydrogens (primary N) is 1. The molecule has 0 fully saturated rings. The highest BCUT2D eigenvalue weighted by atomic mass is 16.2. The number of carbonyl (C=O) groups is 2. The molecule has 1 rings (SSSR count). The van der Waals surface area contributed by atoms with Crippen LogP contribution in [0.3, 0.4) is 0 Å². The second-order valence-corrected chi connectivity index (χ2v) is 6.21. The normalized spacial score (nSPS) is 13.5. The lowest BCUT2D eigenvalue weighted by atomic mass is 10.0. The van der Waals surface area contributed by atoms with Crippen LogP contribution in [0, 0.1) is 11.8 Å². The minimum Gasteiger partial charge on any atom is -0.352 e. The van der Waals surface area contributed by atoms with Crippen molar-refractivity contribution in [2.24, 2.45) is 17.6 Å². The number of benzene rings is 1. The van der Waals surface area contributed by atoms with Crippen molar-refractivity contribution in [3.63, 3.8) is 0 Å². The van der Waals surface area contributed by atoms with Gasteiger partial charge in [-0.1, -0.05) is 32.9 Å². The predicted octanol–water partition coefficient (Wildman–Crippen LogP) is 2.27. The molecule has 4 N–H and O–H groups in total. The van der Waals surface area contributed by atoms with Gasteiger partial charge in [0, 0.05) is 30.6 Å². The van der Waals surface area contributed by atoms with Crippen molar-refractivity contribution in [3.8, 4) is 0 Å². The van der Waals surface area contributed by atoms with Gasteiger partial charge in [0.2, 0.25) is 11.8 Å². The summed E-state index contributed by atoms with van der Waals surface area (Å²) in [4.78, 5) is 23.7. The van der Waals surface area contributed by atoms with Crippen molar-refractivity contribution >= 4 is 17.5 Å². The number of rotatable bonds is 7. The van der Waals surface area contributed by atoms with E-state index in [9.17, 15) is 9.59 Å². The van der Waals surface area contributed by atoms with Gasteiger partial charge >= 0.3 is 0 Å². The van der Waals surface area contributed by atoms with E-state index in [0.717, 1.165) is 11.3 Å². The van der Waals surface area contributed by atoms with Crippen LogP contribution >= 0.6 is 0 Å². The molecule has 2 amide bonds. The summed E-state index contributed by atoms with van der Waals surface area (Å²) in [5.41, 5.74) is 7.40. The topological polar surface area (TPSA) is 84.2 Å². The van der Waals surface area contributed by atoms with Crippen LogP contribution in [0.25, 0.3) is 0 Å². The average molecular weight is 305 g/mol. The third-order valence-corrected chi connectivity index (χ3v) is 3.47. The molecule has 2 unspecified atom stereocenters. The summed E-state index contributed by atoms with van der Waals surface area (Å²) in [5.74, 6) is 0.0298. The Morgan fingerprint density at radius 1 is 1.18 bits per heavy atom. The Morgan fingerprint density at radius 3 is 2.45 bits per heavy atom. The molecule has 0 aliphatic rings. The van der Waals surface area contributed by atoms with Crippen LogP contribution < -0.4 is 16.4 Å². The summed E-state index contributed by atoms with van der Waals surface area (Å²) < 4.78 is 0. The highest BCUT2D eigenvalue weighted by Gasteiger charge is 2.16. The van der Waals surface area contributed by atoms with Crippen molar-refractivity contribution in [1.29, 1.82) is 0 Å². The number of carbonyl (C=O) groups excluding carboxylic acids is 2. The summed E-state index contributed by atoms with van der Waals surface area (Å²) in [5, 5.41) is 5.73. The molecule has 0 aliphatic carbocycles. The third-order valence-electron chi connectivity index (χ3n) is 3.47. The molecular weight excluding hydrogens is 278 g/mol. The predicted molar refractivity (Wildman–Crippen MR) is 89.2 cm³/mol. The monoisotopic (exact) mass is 305 g/mol. The Balaban J connectivity index is 2.57. The van der Waals surface area contributed by atoms with Crippen LogP contribution in [0.15, 0.2) is 24.3 Å². The molecule has 5 nitrogen and oxygen atoms in total. The summed E-state index contributed by atoms with van der Waals surface area (Å²) in [6, 6.07) is 7.31. The Bertz CT molecular complexity index is 512. The lowest BCUT2D eigenvalue weighted by Crippen LogP contribution is -2.38. The van der Waals surface area contributed by atoms with E-state index >= 15 is 0 Å². The van der Waals surface area contributed by atoms with Gasteiger partial charge in [0.05, 0.1) is 0 Å². The maximum absolute atomic E-state index is 11.9. The molecular formula is C17H27N3O2. The van der Waals surface area contributed by atoms with Crippen LogP contribution in [0.5, 0.6) is 0 Å². The first-order valence-electron chi connectivity index (χ1n) is 7.71. The summed E-state index contributed by atoms with van der Waals surface area (Å²) in [6.07, 6.45) is 0.493. The maximum atomic E-state index is 11.9. The maximum Gasteiger partial charge on any atom is 0.224 e. The van der Waals surface area contributed by atoms with Crippen LogP contribution in [-0.2, 0) is 16.1 Å². The number of anilines is 1. The highest BCUT2D eigenvalue weighted by Crippen LogP contribution is 2.12. The fourth-order valence-electron chi connectivity index (χ4n) is 1.93. The van der Waals surface area contributed by atoms with E-state index in [2.05, 4.69) is 10.6 Å². The van der Waals surface area contributed by atoms with Gasteiger partial charge in [0.15, 0.2) is 0 Å². The molecule has 5 heteroatoms. The second kappa shape index (κ2) is 8.54. The number of hydrogen-bond donors (Lipinski definition) is 3. The van der Waals surface area contributed by atoms with Gasteiger partial charge in [-0.05, 0) is 30.5 Å². The van der Waals surface area contributed by atoms with Crippen LogP contribution in [0.4, 0.5) is 5.69 Å². The number of amides is 2. The van der Waals surface area contributed by atoms with Crippen molar-refractivity contribution in [2.75, 3.05) is 5.32 Å². The zero-order valence-electron chi connectivity index (χ0n) is 13.8. The molecule has 1 aromatic rings. The molecule has 0 spiro atoms. The first kappa shape index (κ1) is 18.2. The summed E-state index contributed by atoms with van der Waals surface area (Å²) in [7, 11) is 0. The molecule has 22 heavy (non-hydrogen) atoms. The van der Waals surface area contributed by atoms with Gasteiger partial charge in [0.1, 0.15) is 0 Å². The van der Waals surface area contributed by atoms with Crippen molar-refractivity contribution < 1.29 is 9.59 Å². The Morgan fingerprint density at radius 2 is 1.86 bits per heavy atom. The molecule has 0 saturated heterocycles. The molecule has 0 aromatic heterocycles. The minimum absolute atomic E-state index is 0.00163. The molecule has 1 aromatic carbocycles. The van der Waals surface area contributed by atoms with Crippen molar-refractivity contribution in [3.05, 3.63) is 29.8 Å². The van der Waals surface area contributed by atoms with Gasteiger partial charge in [-0.3, -0.25) is 9.59 Å². The van der Waals surface area contributed by atoms with Crippen LogP contribution in [0.2, 0.25) is 0 Å². The largest absolute Gasteiger partial charge is 0.352 e. The van der Waals surface area contributed by atoms with Crippen LogP contribution in [0.1, 0.15) is 39.7 Å². The zero-order valence-corrected chi connectivity index (χ0v) is 13.8. The first-order chi connectivity index (χ1) is 10.3.